The minimum atomic E-state index is -0.253. The van der Waals surface area contributed by atoms with Gasteiger partial charge in [0.05, 0.1) is 16.8 Å². The zero-order valence-corrected chi connectivity index (χ0v) is 12.8. The van der Waals surface area contributed by atoms with Gasteiger partial charge in [-0.15, -0.1) is 11.3 Å². The Balaban J connectivity index is 1.57. The van der Waals surface area contributed by atoms with Crippen LogP contribution in [0.2, 0.25) is 0 Å². The van der Waals surface area contributed by atoms with Gasteiger partial charge in [-0.2, -0.15) is 0 Å². The molecule has 2 saturated heterocycles. The molecule has 2 fully saturated rings. The number of amides is 1. The molecule has 0 radical (unpaired) electrons. The summed E-state index contributed by atoms with van der Waals surface area (Å²) in [7, 11) is 1.67. The zero-order valence-electron chi connectivity index (χ0n) is 12.0. The molecule has 2 aliphatic heterocycles. The first kappa shape index (κ1) is 14.0. The first-order valence-corrected chi connectivity index (χ1v) is 8.04. The number of hydrogen-bond acceptors (Lipinski definition) is 5. The topological polar surface area (TPSA) is 54.5 Å². The van der Waals surface area contributed by atoms with E-state index in [-0.39, 0.29) is 18.1 Å². The van der Waals surface area contributed by atoms with Crippen molar-refractivity contribution in [2.45, 2.75) is 38.5 Å². The Kier molecular flexibility index (Phi) is 4.05. The molecule has 3 rings (SSSR count). The number of nitrogens with one attached hydrogen (secondary N) is 1. The molecule has 2 aliphatic rings. The third kappa shape index (κ3) is 2.87. The van der Waals surface area contributed by atoms with Crippen molar-refractivity contribution in [3.63, 3.8) is 0 Å². The molecule has 0 unspecified atom stereocenters. The van der Waals surface area contributed by atoms with Gasteiger partial charge < -0.3 is 10.1 Å². The number of rotatable bonds is 3. The van der Waals surface area contributed by atoms with Gasteiger partial charge in [0, 0.05) is 25.5 Å². The van der Waals surface area contributed by atoms with Crippen LogP contribution in [0.4, 0.5) is 0 Å². The monoisotopic (exact) mass is 295 g/mol. The number of nitrogens with zero attached hydrogens (tertiary/aromatic N) is 2. The summed E-state index contributed by atoms with van der Waals surface area (Å²) >= 11 is 1.70. The highest BCUT2D eigenvalue weighted by molar-refractivity contribution is 7.09. The molecule has 0 spiro atoms. The molecule has 1 amide bonds. The second-order valence-corrected chi connectivity index (χ2v) is 6.72. The average Bonchev–Trinajstić information content (AvgIpc) is 3.03. The molecular formula is C14H21N3O2S. The molecule has 6 heteroatoms. The van der Waals surface area contributed by atoms with Crippen molar-refractivity contribution in [2.75, 3.05) is 20.1 Å². The van der Waals surface area contributed by atoms with E-state index in [2.05, 4.69) is 20.6 Å². The van der Waals surface area contributed by atoms with Gasteiger partial charge in [0.2, 0.25) is 5.91 Å². The van der Waals surface area contributed by atoms with E-state index in [0.29, 0.717) is 5.92 Å². The number of piperidine rings is 1. The Morgan fingerprint density at radius 1 is 1.65 bits per heavy atom. The first-order chi connectivity index (χ1) is 9.65. The van der Waals surface area contributed by atoms with E-state index in [4.69, 9.17) is 4.74 Å². The molecule has 1 aromatic rings. The minimum absolute atomic E-state index is 0.0149. The fourth-order valence-corrected chi connectivity index (χ4v) is 3.78. The van der Waals surface area contributed by atoms with Crippen LogP contribution in [0.3, 0.4) is 0 Å². The van der Waals surface area contributed by atoms with Gasteiger partial charge in [-0.3, -0.25) is 9.69 Å². The van der Waals surface area contributed by atoms with Crippen LogP contribution in [-0.2, 0) is 16.1 Å². The summed E-state index contributed by atoms with van der Waals surface area (Å²) in [6.45, 7) is 4.91. The van der Waals surface area contributed by atoms with Crippen molar-refractivity contribution < 1.29 is 9.53 Å². The SMILES string of the molecule is CNC(=O)[C@H]1C[C@@H]2CCN(Cc3csc(C)n3)C[C@@H]2O1. The van der Waals surface area contributed by atoms with E-state index in [0.717, 1.165) is 43.2 Å². The summed E-state index contributed by atoms with van der Waals surface area (Å²) in [5.41, 5.74) is 1.15. The van der Waals surface area contributed by atoms with Gasteiger partial charge in [0.15, 0.2) is 0 Å². The van der Waals surface area contributed by atoms with Crippen molar-refractivity contribution in [3.05, 3.63) is 16.1 Å². The molecule has 1 aromatic heterocycles. The highest BCUT2D eigenvalue weighted by Gasteiger charge is 2.41. The predicted molar refractivity (Wildman–Crippen MR) is 77.6 cm³/mol. The zero-order chi connectivity index (χ0) is 14.1. The van der Waals surface area contributed by atoms with Crippen LogP contribution in [0.15, 0.2) is 5.38 Å². The summed E-state index contributed by atoms with van der Waals surface area (Å²) in [6.07, 6.45) is 1.93. The van der Waals surface area contributed by atoms with Crippen LogP contribution >= 0.6 is 11.3 Å². The number of carbonyl (C=O) groups is 1. The Labute approximate surface area is 123 Å². The summed E-state index contributed by atoms with van der Waals surface area (Å²) in [6, 6.07) is 0. The number of thiazole rings is 1. The fraction of sp³-hybridized carbons (Fsp3) is 0.714. The smallest absolute Gasteiger partial charge is 0.248 e. The number of ether oxygens (including phenoxy) is 1. The Morgan fingerprint density at radius 2 is 2.50 bits per heavy atom. The van der Waals surface area contributed by atoms with Crippen LogP contribution in [0.25, 0.3) is 0 Å². The van der Waals surface area contributed by atoms with Gasteiger partial charge >= 0.3 is 0 Å². The van der Waals surface area contributed by atoms with Gasteiger partial charge in [-0.25, -0.2) is 4.98 Å². The van der Waals surface area contributed by atoms with Crippen LogP contribution in [0, 0.1) is 12.8 Å². The fourth-order valence-electron chi connectivity index (χ4n) is 3.18. The molecule has 0 aromatic carbocycles. The van der Waals surface area contributed by atoms with E-state index in [1.165, 1.54) is 0 Å². The van der Waals surface area contributed by atoms with Gasteiger partial charge in [-0.05, 0) is 32.2 Å². The van der Waals surface area contributed by atoms with E-state index in [9.17, 15) is 4.79 Å². The molecule has 0 bridgehead atoms. The lowest BCUT2D eigenvalue weighted by Crippen LogP contribution is -2.42. The van der Waals surface area contributed by atoms with E-state index >= 15 is 0 Å². The molecule has 0 saturated carbocycles. The lowest BCUT2D eigenvalue weighted by molar-refractivity contribution is -0.132. The number of carbonyl (C=O) groups excluding carboxylic acids is 1. The third-order valence-electron chi connectivity index (χ3n) is 4.23. The van der Waals surface area contributed by atoms with Crippen molar-refractivity contribution in [1.82, 2.24) is 15.2 Å². The maximum atomic E-state index is 11.7. The number of hydrogen-bond donors (Lipinski definition) is 1. The van der Waals surface area contributed by atoms with Crippen LogP contribution in [0.5, 0.6) is 0 Å². The minimum Gasteiger partial charge on any atom is -0.364 e. The summed E-state index contributed by atoms with van der Waals surface area (Å²) in [5, 5.41) is 5.93. The third-order valence-corrected chi connectivity index (χ3v) is 5.05. The molecule has 3 atom stereocenters. The second-order valence-electron chi connectivity index (χ2n) is 5.65. The van der Waals surface area contributed by atoms with E-state index < -0.39 is 0 Å². The number of likely N-dealkylation sites (tertiary alicyclic amines) is 1. The number of fused-ring (bicyclic) bond motifs is 1. The van der Waals surface area contributed by atoms with Crippen molar-refractivity contribution in [2.24, 2.45) is 5.92 Å². The van der Waals surface area contributed by atoms with Crippen LogP contribution < -0.4 is 5.32 Å². The molecule has 3 heterocycles. The average molecular weight is 295 g/mol. The van der Waals surface area contributed by atoms with Crippen LogP contribution in [0.1, 0.15) is 23.5 Å². The molecule has 5 nitrogen and oxygen atoms in total. The second kappa shape index (κ2) is 5.79. The summed E-state index contributed by atoms with van der Waals surface area (Å²) < 4.78 is 5.92. The first-order valence-electron chi connectivity index (χ1n) is 7.16. The largest absolute Gasteiger partial charge is 0.364 e. The lowest BCUT2D eigenvalue weighted by atomic mass is 9.91. The molecule has 1 N–H and O–H groups in total. The number of aromatic nitrogens is 1. The number of likely N-dealkylation sites (N-methyl/N-ethyl adjacent to an activating group) is 1. The number of aryl methyl sites for hydroxylation is 1. The highest BCUT2D eigenvalue weighted by atomic mass is 32.1. The van der Waals surface area contributed by atoms with Crippen LogP contribution in [-0.4, -0.2) is 48.1 Å². The van der Waals surface area contributed by atoms with Crippen molar-refractivity contribution in [1.29, 1.82) is 0 Å². The maximum Gasteiger partial charge on any atom is 0.248 e. The van der Waals surface area contributed by atoms with Crippen molar-refractivity contribution >= 4 is 17.2 Å². The molecule has 0 aliphatic carbocycles. The quantitative estimate of drug-likeness (QED) is 0.910. The van der Waals surface area contributed by atoms with E-state index in [1.807, 2.05) is 6.92 Å². The van der Waals surface area contributed by atoms with Gasteiger partial charge in [0.25, 0.3) is 0 Å². The predicted octanol–water partition coefficient (Wildman–Crippen LogP) is 1.18. The highest BCUT2D eigenvalue weighted by Crippen LogP contribution is 2.33. The molecule has 110 valence electrons. The summed E-state index contributed by atoms with van der Waals surface area (Å²) in [5.74, 6) is 0.548. The standard InChI is InChI=1S/C14H21N3O2S/c1-9-16-11(8-20-9)6-17-4-3-10-5-12(14(18)15-2)19-13(10)7-17/h8,10,12-13H,3-7H2,1-2H3,(H,15,18)/t10-,12+,13-/m0/s1. The molecule has 20 heavy (non-hydrogen) atoms. The summed E-state index contributed by atoms with van der Waals surface area (Å²) in [4.78, 5) is 18.6. The molecular weight excluding hydrogens is 274 g/mol. The van der Waals surface area contributed by atoms with Crippen molar-refractivity contribution in [3.8, 4) is 0 Å². The Bertz CT molecular complexity index is 491. The van der Waals surface area contributed by atoms with Gasteiger partial charge in [-0.1, -0.05) is 0 Å². The normalized spacial score (nSPS) is 30.2. The van der Waals surface area contributed by atoms with E-state index in [1.54, 1.807) is 18.4 Å². The lowest BCUT2D eigenvalue weighted by Gasteiger charge is -2.33. The Hall–Kier alpha value is -0.980. The maximum absolute atomic E-state index is 11.7. The van der Waals surface area contributed by atoms with Gasteiger partial charge in [0.1, 0.15) is 6.10 Å². The Morgan fingerprint density at radius 3 is 3.20 bits per heavy atom.